The maximum atomic E-state index is 12.3. The van der Waals surface area contributed by atoms with Crippen LogP contribution in [0.4, 0.5) is 5.82 Å². The molecule has 8 heteroatoms. The van der Waals surface area contributed by atoms with E-state index in [0.29, 0.717) is 16.1 Å². The number of halogens is 1. The van der Waals surface area contributed by atoms with Crippen molar-refractivity contribution in [1.82, 2.24) is 15.1 Å². The summed E-state index contributed by atoms with van der Waals surface area (Å²) >= 11 is 3.16. The van der Waals surface area contributed by atoms with Gasteiger partial charge in [-0.2, -0.15) is 4.68 Å². The summed E-state index contributed by atoms with van der Waals surface area (Å²) in [5, 5.41) is 17.9. The van der Waals surface area contributed by atoms with Gasteiger partial charge in [-0.05, 0) is 71.7 Å². The SMILES string of the molecule is Cc1c(Br)c([N+](=O)[O-])nn1CC(=O)N[C@@H](C)[C@@H]1C[C@@H]2CC[C@@H]1C2. The zero-order chi connectivity index (χ0) is 16.7. The van der Waals surface area contributed by atoms with E-state index in [1.165, 1.54) is 30.4 Å². The van der Waals surface area contributed by atoms with Crippen LogP contribution in [0.15, 0.2) is 4.47 Å². The van der Waals surface area contributed by atoms with Gasteiger partial charge in [-0.1, -0.05) is 6.42 Å². The fourth-order valence-electron chi connectivity index (χ4n) is 4.23. The molecule has 126 valence electrons. The molecule has 23 heavy (non-hydrogen) atoms. The molecule has 0 radical (unpaired) electrons. The highest BCUT2D eigenvalue weighted by Crippen LogP contribution is 2.49. The standard InChI is InChI=1S/C15H21BrN4O3/c1-8(12-6-10-3-4-11(12)5-10)17-13(21)7-19-9(2)14(16)15(18-19)20(22)23/h8,10-12H,3-7H2,1-2H3,(H,17,21)/t8-,10+,11+,12-/m0/s1. The Labute approximate surface area is 143 Å². The molecular formula is C15H21BrN4O3. The Hall–Kier alpha value is -1.44. The lowest BCUT2D eigenvalue weighted by atomic mass is 9.84. The molecule has 0 aliphatic heterocycles. The van der Waals surface area contributed by atoms with E-state index in [2.05, 4.69) is 33.3 Å². The summed E-state index contributed by atoms with van der Waals surface area (Å²) in [6.07, 6.45) is 5.14. The highest BCUT2D eigenvalue weighted by molar-refractivity contribution is 9.10. The van der Waals surface area contributed by atoms with Gasteiger partial charge in [-0.3, -0.25) is 4.79 Å². The van der Waals surface area contributed by atoms with E-state index >= 15 is 0 Å². The summed E-state index contributed by atoms with van der Waals surface area (Å²) in [6, 6.07) is 0.145. The Balaban J connectivity index is 1.61. The Morgan fingerprint density at radius 2 is 2.26 bits per heavy atom. The largest absolute Gasteiger partial charge is 0.404 e. The van der Waals surface area contributed by atoms with E-state index in [1.807, 2.05) is 0 Å². The first kappa shape index (κ1) is 16.4. The van der Waals surface area contributed by atoms with Crippen molar-refractivity contribution in [3.05, 3.63) is 20.3 Å². The second-order valence-electron chi connectivity index (χ2n) is 6.83. The third-order valence-electron chi connectivity index (χ3n) is 5.41. The Morgan fingerprint density at radius 3 is 2.78 bits per heavy atom. The van der Waals surface area contributed by atoms with Crippen molar-refractivity contribution in [2.24, 2.45) is 17.8 Å². The van der Waals surface area contributed by atoms with Gasteiger partial charge < -0.3 is 15.4 Å². The van der Waals surface area contributed by atoms with Gasteiger partial charge in [0.25, 0.3) is 0 Å². The van der Waals surface area contributed by atoms with Gasteiger partial charge in [0, 0.05) is 6.04 Å². The molecule has 2 aliphatic carbocycles. The molecule has 4 atom stereocenters. The third kappa shape index (κ3) is 3.13. The highest BCUT2D eigenvalue weighted by Gasteiger charge is 2.42. The molecule has 0 saturated heterocycles. The molecule has 2 aliphatic rings. The first-order valence-electron chi connectivity index (χ1n) is 8.03. The van der Waals surface area contributed by atoms with E-state index in [4.69, 9.17) is 0 Å². The second kappa shape index (κ2) is 6.22. The van der Waals surface area contributed by atoms with Crippen molar-refractivity contribution in [2.75, 3.05) is 0 Å². The molecular weight excluding hydrogens is 364 g/mol. The van der Waals surface area contributed by atoms with Crippen LogP contribution in [-0.4, -0.2) is 26.7 Å². The van der Waals surface area contributed by atoms with Crippen LogP contribution in [0.2, 0.25) is 0 Å². The van der Waals surface area contributed by atoms with Gasteiger partial charge in [0.1, 0.15) is 11.0 Å². The molecule has 0 aromatic carbocycles. The fraction of sp³-hybridized carbons (Fsp3) is 0.733. The zero-order valence-electron chi connectivity index (χ0n) is 13.3. The van der Waals surface area contributed by atoms with Crippen LogP contribution in [-0.2, 0) is 11.3 Å². The highest BCUT2D eigenvalue weighted by atomic mass is 79.9. The van der Waals surface area contributed by atoms with Crippen LogP contribution in [0.1, 0.15) is 38.3 Å². The van der Waals surface area contributed by atoms with Gasteiger partial charge in [0.15, 0.2) is 0 Å². The smallest absolute Gasteiger partial charge is 0.358 e. The lowest BCUT2D eigenvalue weighted by molar-refractivity contribution is -0.390. The molecule has 1 N–H and O–H groups in total. The molecule has 1 aromatic heterocycles. The number of hydrogen-bond acceptors (Lipinski definition) is 4. The molecule has 2 bridgehead atoms. The molecule has 1 aromatic rings. The van der Waals surface area contributed by atoms with Crippen LogP contribution in [0.25, 0.3) is 0 Å². The summed E-state index contributed by atoms with van der Waals surface area (Å²) in [5.41, 5.74) is 0.583. The van der Waals surface area contributed by atoms with Gasteiger partial charge >= 0.3 is 5.82 Å². The van der Waals surface area contributed by atoms with Crippen LogP contribution in [0.5, 0.6) is 0 Å². The first-order chi connectivity index (χ1) is 10.9. The number of rotatable bonds is 5. The third-order valence-corrected chi connectivity index (χ3v) is 6.34. The normalized spacial score (nSPS) is 27.2. The minimum Gasteiger partial charge on any atom is -0.358 e. The van der Waals surface area contributed by atoms with E-state index in [0.717, 1.165) is 11.8 Å². The summed E-state index contributed by atoms with van der Waals surface area (Å²) in [4.78, 5) is 22.6. The topological polar surface area (TPSA) is 90.1 Å². The minimum absolute atomic E-state index is 0.00340. The molecule has 0 unspecified atom stereocenters. The van der Waals surface area contributed by atoms with Gasteiger partial charge in [0.05, 0.1) is 10.8 Å². The summed E-state index contributed by atoms with van der Waals surface area (Å²) in [7, 11) is 0. The van der Waals surface area contributed by atoms with Crippen LogP contribution < -0.4 is 5.32 Å². The number of hydrogen-bond donors (Lipinski definition) is 1. The maximum Gasteiger partial charge on any atom is 0.404 e. The average molecular weight is 385 g/mol. The summed E-state index contributed by atoms with van der Waals surface area (Å²) in [5.74, 6) is 1.76. The van der Waals surface area contributed by atoms with Gasteiger partial charge in [-0.15, -0.1) is 0 Å². The van der Waals surface area contributed by atoms with Crippen molar-refractivity contribution in [3.8, 4) is 0 Å². The number of carbonyl (C=O) groups excluding carboxylic acids is 1. The maximum absolute atomic E-state index is 12.3. The number of nitrogens with one attached hydrogen (secondary N) is 1. The lowest BCUT2D eigenvalue weighted by Gasteiger charge is -2.28. The van der Waals surface area contributed by atoms with Gasteiger partial charge in [-0.25, -0.2) is 0 Å². The van der Waals surface area contributed by atoms with Crippen LogP contribution >= 0.6 is 15.9 Å². The number of aromatic nitrogens is 2. The fourth-order valence-corrected chi connectivity index (χ4v) is 4.66. The van der Waals surface area contributed by atoms with E-state index in [9.17, 15) is 14.9 Å². The van der Waals surface area contributed by atoms with Crippen molar-refractivity contribution in [1.29, 1.82) is 0 Å². The number of amides is 1. The number of nitro groups is 1. The summed E-state index contributed by atoms with van der Waals surface area (Å²) < 4.78 is 1.71. The number of nitrogens with zero attached hydrogens (tertiary/aromatic N) is 3. The van der Waals surface area contributed by atoms with Crippen LogP contribution in [0, 0.1) is 34.8 Å². The predicted molar refractivity (Wildman–Crippen MR) is 87.9 cm³/mol. The molecule has 3 rings (SSSR count). The Bertz CT molecular complexity index is 645. The van der Waals surface area contributed by atoms with E-state index in [1.54, 1.807) is 6.92 Å². The molecule has 1 amide bonds. The molecule has 0 spiro atoms. The molecule has 7 nitrogen and oxygen atoms in total. The molecule has 1 heterocycles. The molecule has 2 fully saturated rings. The summed E-state index contributed by atoms with van der Waals surface area (Å²) in [6.45, 7) is 3.78. The number of carbonyl (C=O) groups is 1. The molecule has 2 saturated carbocycles. The van der Waals surface area contributed by atoms with Crippen molar-refractivity contribution in [2.45, 2.75) is 52.1 Å². The second-order valence-corrected chi connectivity index (χ2v) is 7.63. The van der Waals surface area contributed by atoms with Gasteiger partial charge in [0.2, 0.25) is 5.91 Å². The number of fused-ring (bicyclic) bond motifs is 2. The monoisotopic (exact) mass is 384 g/mol. The Kier molecular flexibility index (Phi) is 4.44. The quantitative estimate of drug-likeness (QED) is 0.624. The van der Waals surface area contributed by atoms with Crippen molar-refractivity contribution < 1.29 is 9.72 Å². The minimum atomic E-state index is -0.552. The predicted octanol–water partition coefficient (Wildman–Crippen LogP) is 2.80. The van der Waals surface area contributed by atoms with Crippen molar-refractivity contribution in [3.63, 3.8) is 0 Å². The van der Waals surface area contributed by atoms with E-state index < -0.39 is 4.92 Å². The average Bonchev–Trinajstić information content (AvgIpc) is 3.17. The lowest BCUT2D eigenvalue weighted by Crippen LogP contribution is -2.41. The Morgan fingerprint density at radius 1 is 1.52 bits per heavy atom. The zero-order valence-corrected chi connectivity index (χ0v) is 14.9. The van der Waals surface area contributed by atoms with Crippen LogP contribution in [0.3, 0.4) is 0 Å². The van der Waals surface area contributed by atoms with Crippen molar-refractivity contribution >= 4 is 27.7 Å². The van der Waals surface area contributed by atoms with E-state index in [-0.39, 0.29) is 24.3 Å². The first-order valence-corrected chi connectivity index (χ1v) is 8.82.